The topological polar surface area (TPSA) is 107 Å². The number of ether oxygens (including phenoxy) is 1. The van der Waals surface area contributed by atoms with Crippen molar-refractivity contribution < 1.29 is 14.3 Å². The number of anilines is 1. The van der Waals surface area contributed by atoms with Gasteiger partial charge in [0.05, 0.1) is 17.8 Å². The lowest BCUT2D eigenvalue weighted by Crippen LogP contribution is -2.17. The van der Waals surface area contributed by atoms with E-state index < -0.39 is 5.97 Å². The second-order valence-corrected chi connectivity index (χ2v) is 8.00. The molecule has 0 radical (unpaired) electrons. The molecule has 0 spiro atoms. The van der Waals surface area contributed by atoms with E-state index in [1.165, 1.54) is 18.4 Å². The molecule has 0 fully saturated rings. The summed E-state index contributed by atoms with van der Waals surface area (Å²) in [6.07, 6.45) is 0.635. The van der Waals surface area contributed by atoms with E-state index in [9.17, 15) is 9.59 Å². The van der Waals surface area contributed by atoms with Crippen LogP contribution in [0.15, 0.2) is 5.38 Å². The van der Waals surface area contributed by atoms with Crippen molar-refractivity contribution in [2.45, 2.75) is 32.6 Å². The third-order valence-electron chi connectivity index (χ3n) is 3.07. The van der Waals surface area contributed by atoms with Gasteiger partial charge in [-0.2, -0.15) is 0 Å². The van der Waals surface area contributed by atoms with E-state index in [1.54, 1.807) is 5.38 Å². The van der Waals surface area contributed by atoms with Crippen molar-refractivity contribution in [1.29, 1.82) is 0 Å². The summed E-state index contributed by atoms with van der Waals surface area (Å²) in [6, 6.07) is 0. The zero-order valence-corrected chi connectivity index (χ0v) is 15.6. The lowest BCUT2D eigenvalue weighted by molar-refractivity contribution is 0.0603. The van der Waals surface area contributed by atoms with Gasteiger partial charge in [-0.25, -0.2) is 14.8 Å². The Morgan fingerprint density at radius 3 is 2.62 bits per heavy atom. The monoisotopic (exact) mass is 368 g/mol. The Hall–Kier alpha value is -1.84. The van der Waals surface area contributed by atoms with Crippen LogP contribution in [0.1, 0.15) is 51.6 Å². The van der Waals surface area contributed by atoms with Gasteiger partial charge in [0.2, 0.25) is 0 Å². The summed E-state index contributed by atoms with van der Waals surface area (Å²) >= 11 is 2.49. The number of esters is 1. The third kappa shape index (κ3) is 4.16. The minimum absolute atomic E-state index is 0.315. The van der Waals surface area contributed by atoms with Gasteiger partial charge in [0, 0.05) is 17.2 Å². The summed E-state index contributed by atoms with van der Waals surface area (Å²) in [5.74, 6) is -0.822. The number of methoxy groups -OCH3 is 1. The molecule has 0 aliphatic rings. The van der Waals surface area contributed by atoms with E-state index >= 15 is 0 Å². The first-order chi connectivity index (χ1) is 11.3. The Morgan fingerprint density at radius 2 is 2.04 bits per heavy atom. The van der Waals surface area contributed by atoms with Crippen LogP contribution in [0.4, 0.5) is 5.13 Å². The molecular formula is C15H20N4O3S2. The number of rotatable bonds is 5. The van der Waals surface area contributed by atoms with Crippen LogP contribution >= 0.6 is 22.7 Å². The van der Waals surface area contributed by atoms with Gasteiger partial charge in [-0.15, -0.1) is 11.3 Å². The van der Waals surface area contributed by atoms with E-state index in [0.29, 0.717) is 34.4 Å². The van der Waals surface area contributed by atoms with Crippen LogP contribution in [-0.4, -0.2) is 35.5 Å². The smallest absolute Gasteiger partial charge is 0.350 e. The van der Waals surface area contributed by atoms with Crippen molar-refractivity contribution >= 4 is 39.7 Å². The Labute approximate surface area is 148 Å². The van der Waals surface area contributed by atoms with Gasteiger partial charge in [0.25, 0.3) is 5.91 Å². The molecule has 0 bridgehead atoms. The van der Waals surface area contributed by atoms with Crippen molar-refractivity contribution in [3.8, 4) is 0 Å². The maximum atomic E-state index is 12.3. The number of hydrogen-bond acceptors (Lipinski definition) is 8. The van der Waals surface area contributed by atoms with Crippen LogP contribution in [0.3, 0.4) is 0 Å². The van der Waals surface area contributed by atoms with E-state index in [4.69, 9.17) is 10.5 Å². The average molecular weight is 368 g/mol. The van der Waals surface area contributed by atoms with Gasteiger partial charge in [0.1, 0.15) is 10.6 Å². The number of carbonyl (C=O) groups is 2. The molecule has 1 amide bonds. The molecule has 7 nitrogen and oxygen atoms in total. The van der Waals surface area contributed by atoms with Crippen LogP contribution in [-0.2, 0) is 16.6 Å². The van der Waals surface area contributed by atoms with Gasteiger partial charge in [-0.3, -0.25) is 10.1 Å². The minimum atomic E-state index is -0.461. The van der Waals surface area contributed by atoms with Crippen LogP contribution in [0.2, 0.25) is 0 Å². The molecule has 2 heterocycles. The Bertz CT molecular complexity index is 746. The van der Waals surface area contributed by atoms with Crippen molar-refractivity contribution in [3.05, 3.63) is 26.7 Å². The molecule has 0 saturated heterocycles. The van der Waals surface area contributed by atoms with Crippen molar-refractivity contribution in [3.63, 3.8) is 0 Å². The quantitative estimate of drug-likeness (QED) is 0.785. The van der Waals surface area contributed by atoms with Gasteiger partial charge >= 0.3 is 5.97 Å². The maximum Gasteiger partial charge on any atom is 0.350 e. The van der Waals surface area contributed by atoms with Crippen LogP contribution < -0.4 is 11.1 Å². The standard InChI is InChI=1S/C15H20N4O3S2/c1-15(2,3)11-10(13(21)22-4)24-14(18-11)19-12(20)8-7-23-9(17-8)5-6-16/h7H,5-6,16H2,1-4H3,(H,18,19,20). The highest BCUT2D eigenvalue weighted by atomic mass is 32.1. The molecule has 9 heteroatoms. The van der Waals surface area contributed by atoms with Crippen LogP contribution in [0.5, 0.6) is 0 Å². The van der Waals surface area contributed by atoms with Gasteiger partial charge in [-0.1, -0.05) is 32.1 Å². The number of thiazole rings is 2. The first kappa shape index (κ1) is 18.5. The molecule has 2 aromatic rings. The van der Waals surface area contributed by atoms with Crippen molar-refractivity contribution in [1.82, 2.24) is 9.97 Å². The molecule has 0 saturated carbocycles. The summed E-state index contributed by atoms with van der Waals surface area (Å²) in [5.41, 5.74) is 6.05. The first-order valence-electron chi connectivity index (χ1n) is 7.31. The SMILES string of the molecule is COC(=O)c1sc(NC(=O)c2csc(CCN)n2)nc1C(C)(C)C. The third-order valence-corrected chi connectivity index (χ3v) is 4.93. The molecule has 0 aromatic carbocycles. The van der Waals surface area contributed by atoms with Gasteiger partial charge in [-0.05, 0) is 6.54 Å². The lowest BCUT2D eigenvalue weighted by Gasteiger charge is -2.16. The average Bonchev–Trinajstić information content (AvgIpc) is 3.13. The minimum Gasteiger partial charge on any atom is -0.465 e. The van der Waals surface area contributed by atoms with Gasteiger partial charge in [0.15, 0.2) is 5.13 Å². The number of hydrogen-bond donors (Lipinski definition) is 2. The molecule has 0 aliphatic heterocycles. The van der Waals surface area contributed by atoms with Gasteiger partial charge < -0.3 is 10.5 Å². The second-order valence-electron chi connectivity index (χ2n) is 6.06. The molecule has 0 unspecified atom stereocenters. The highest BCUT2D eigenvalue weighted by molar-refractivity contribution is 7.17. The van der Waals surface area contributed by atoms with E-state index in [2.05, 4.69) is 15.3 Å². The number of nitrogens with one attached hydrogen (secondary N) is 1. The zero-order valence-electron chi connectivity index (χ0n) is 14.0. The predicted octanol–water partition coefficient (Wildman–Crippen LogP) is 2.44. The summed E-state index contributed by atoms with van der Waals surface area (Å²) < 4.78 is 4.80. The first-order valence-corrected chi connectivity index (χ1v) is 9.01. The largest absolute Gasteiger partial charge is 0.465 e. The molecule has 2 rings (SSSR count). The Kier molecular flexibility index (Phi) is 5.68. The molecule has 130 valence electrons. The zero-order chi connectivity index (χ0) is 17.9. The fourth-order valence-corrected chi connectivity index (χ4v) is 3.81. The fourth-order valence-electron chi connectivity index (χ4n) is 1.93. The number of aromatic nitrogens is 2. The van der Waals surface area contributed by atoms with E-state index in [0.717, 1.165) is 16.3 Å². The highest BCUT2D eigenvalue weighted by Crippen LogP contribution is 2.32. The predicted molar refractivity (Wildman–Crippen MR) is 95.0 cm³/mol. The number of carbonyl (C=O) groups excluding carboxylic acids is 2. The summed E-state index contributed by atoms with van der Waals surface area (Å²) in [4.78, 5) is 33.3. The maximum absolute atomic E-state index is 12.3. The van der Waals surface area contributed by atoms with E-state index in [1.807, 2.05) is 20.8 Å². The molecule has 24 heavy (non-hydrogen) atoms. The molecule has 0 aliphatic carbocycles. The highest BCUT2D eigenvalue weighted by Gasteiger charge is 2.28. The number of nitrogens with two attached hydrogens (primary N) is 1. The summed E-state index contributed by atoms with van der Waals surface area (Å²) in [7, 11) is 1.32. The van der Waals surface area contributed by atoms with Crippen molar-refractivity contribution in [2.75, 3.05) is 19.0 Å². The molecule has 3 N–H and O–H groups in total. The van der Waals surface area contributed by atoms with E-state index in [-0.39, 0.29) is 11.3 Å². The number of amides is 1. The Morgan fingerprint density at radius 1 is 1.33 bits per heavy atom. The Balaban J connectivity index is 2.24. The van der Waals surface area contributed by atoms with Crippen LogP contribution in [0, 0.1) is 0 Å². The molecular weight excluding hydrogens is 348 g/mol. The number of nitrogens with zero attached hydrogens (tertiary/aromatic N) is 2. The van der Waals surface area contributed by atoms with Crippen LogP contribution in [0.25, 0.3) is 0 Å². The fraction of sp³-hybridized carbons (Fsp3) is 0.467. The lowest BCUT2D eigenvalue weighted by atomic mass is 9.91. The summed E-state index contributed by atoms with van der Waals surface area (Å²) in [6.45, 7) is 6.32. The van der Waals surface area contributed by atoms with Crippen molar-refractivity contribution in [2.24, 2.45) is 5.73 Å². The molecule has 2 aromatic heterocycles. The summed E-state index contributed by atoms with van der Waals surface area (Å²) in [5, 5.41) is 5.54. The molecule has 0 atom stereocenters. The normalized spacial score (nSPS) is 11.4. The second kappa shape index (κ2) is 7.37.